The highest BCUT2D eigenvalue weighted by molar-refractivity contribution is 5.90. The smallest absolute Gasteiger partial charge is 0.239 e. The van der Waals surface area contributed by atoms with Crippen molar-refractivity contribution in [2.45, 2.75) is 25.3 Å². The van der Waals surface area contributed by atoms with Gasteiger partial charge >= 0.3 is 0 Å². The van der Waals surface area contributed by atoms with Crippen molar-refractivity contribution in [3.8, 4) is 5.75 Å². The Morgan fingerprint density at radius 2 is 2.16 bits per heavy atom. The Morgan fingerprint density at radius 1 is 1.26 bits per heavy atom. The molecule has 0 bridgehead atoms. The normalized spacial score (nSPS) is 17.5. The van der Waals surface area contributed by atoms with Gasteiger partial charge < -0.3 is 20.9 Å². The van der Waals surface area contributed by atoms with Gasteiger partial charge in [-0.25, -0.2) is 14.4 Å². The van der Waals surface area contributed by atoms with E-state index < -0.39 is 11.7 Å². The van der Waals surface area contributed by atoms with Gasteiger partial charge in [0.15, 0.2) is 0 Å². The minimum atomic E-state index is -0.542. The van der Waals surface area contributed by atoms with Crippen LogP contribution in [0.1, 0.15) is 19.3 Å². The Hall–Kier alpha value is -4.16. The summed E-state index contributed by atoms with van der Waals surface area (Å²) in [6.45, 7) is 2.59. The molecule has 11 nitrogen and oxygen atoms in total. The summed E-state index contributed by atoms with van der Waals surface area (Å²) in [7, 11) is 0. The molecule has 3 heterocycles. The molecule has 0 spiro atoms. The van der Waals surface area contributed by atoms with Crippen molar-refractivity contribution in [2.24, 2.45) is 5.73 Å². The topological polar surface area (TPSA) is 132 Å². The molecule has 1 amide bonds. The van der Waals surface area contributed by atoms with Crippen molar-refractivity contribution in [2.75, 3.05) is 43.3 Å². The molecule has 200 valence electrons. The fourth-order valence-electron chi connectivity index (χ4n) is 4.78. The van der Waals surface area contributed by atoms with Crippen molar-refractivity contribution in [3.63, 3.8) is 0 Å². The van der Waals surface area contributed by atoms with Gasteiger partial charge in [0.05, 0.1) is 30.6 Å². The van der Waals surface area contributed by atoms with Crippen LogP contribution in [-0.2, 0) is 4.79 Å². The molecule has 1 aromatic heterocycles. The second-order valence-corrected chi connectivity index (χ2v) is 9.25. The summed E-state index contributed by atoms with van der Waals surface area (Å²) in [5.41, 5.74) is 9.72. The minimum absolute atomic E-state index is 0.113. The Bertz CT molecular complexity index is 1320. The maximum atomic E-state index is 13.8. The minimum Gasteiger partial charge on any atom is -0.493 e. The SMILES string of the molecule is NC(=O)CN1C=C(Nc2ncnc3cc(OCCCN4CCC[C@H]4CO)ccc23)NN1c1cccc(F)c1. The fraction of sp³-hybridized carbons (Fsp3) is 0.346. The number of primary amides is 1. The molecular formula is C26H31FN8O3. The first-order valence-corrected chi connectivity index (χ1v) is 12.6. The summed E-state index contributed by atoms with van der Waals surface area (Å²) < 4.78 is 19.8. The predicted octanol–water partition coefficient (Wildman–Crippen LogP) is 1.93. The molecular weight excluding hydrogens is 491 g/mol. The van der Waals surface area contributed by atoms with Crippen LogP contribution in [0.5, 0.6) is 5.75 Å². The number of ether oxygens (including phenoxy) is 1. The number of aromatic nitrogens is 2. The summed E-state index contributed by atoms with van der Waals surface area (Å²) in [6.07, 6.45) is 6.16. The van der Waals surface area contributed by atoms with E-state index in [-0.39, 0.29) is 19.2 Å². The Kier molecular flexibility index (Phi) is 7.70. The van der Waals surface area contributed by atoms with E-state index in [2.05, 4.69) is 25.6 Å². The number of hydrazine groups is 2. The lowest BCUT2D eigenvalue weighted by molar-refractivity contribution is -0.118. The van der Waals surface area contributed by atoms with Gasteiger partial charge in [0, 0.05) is 30.1 Å². The monoisotopic (exact) mass is 522 g/mol. The van der Waals surface area contributed by atoms with Crippen molar-refractivity contribution in [1.82, 2.24) is 25.3 Å². The number of rotatable bonds is 11. The van der Waals surface area contributed by atoms with E-state index in [1.165, 1.54) is 23.6 Å². The fourth-order valence-corrected chi connectivity index (χ4v) is 4.78. The maximum absolute atomic E-state index is 13.8. The summed E-state index contributed by atoms with van der Waals surface area (Å²) in [6, 6.07) is 11.9. The number of anilines is 2. The number of carbonyl (C=O) groups excluding carboxylic acids is 1. The lowest BCUT2D eigenvalue weighted by atomic mass is 10.2. The van der Waals surface area contributed by atoms with Crippen LogP contribution >= 0.6 is 0 Å². The number of likely N-dealkylation sites (tertiary alicyclic amines) is 1. The zero-order valence-corrected chi connectivity index (χ0v) is 20.9. The molecule has 2 aliphatic rings. The molecule has 0 aliphatic carbocycles. The summed E-state index contributed by atoms with van der Waals surface area (Å²) in [4.78, 5) is 22.7. The Balaban J connectivity index is 1.24. The molecule has 12 heteroatoms. The molecule has 1 saturated heterocycles. The molecule has 38 heavy (non-hydrogen) atoms. The number of nitrogens with zero attached hydrogens (tertiary/aromatic N) is 5. The van der Waals surface area contributed by atoms with Gasteiger partial charge in [-0.05, 0) is 50.1 Å². The van der Waals surface area contributed by atoms with E-state index in [1.807, 2.05) is 18.2 Å². The van der Waals surface area contributed by atoms with Crippen LogP contribution < -0.4 is 26.3 Å². The summed E-state index contributed by atoms with van der Waals surface area (Å²) in [5.74, 6) is 0.822. The largest absolute Gasteiger partial charge is 0.493 e. The first kappa shape index (κ1) is 25.5. The highest BCUT2D eigenvalue weighted by Gasteiger charge is 2.25. The lowest BCUT2D eigenvalue weighted by Crippen LogP contribution is -2.46. The van der Waals surface area contributed by atoms with Crippen molar-refractivity contribution < 1.29 is 19.0 Å². The molecule has 2 aromatic carbocycles. The highest BCUT2D eigenvalue weighted by atomic mass is 19.1. The van der Waals surface area contributed by atoms with Gasteiger partial charge in [-0.2, -0.15) is 5.12 Å². The number of aliphatic hydroxyl groups excluding tert-OH is 1. The van der Waals surface area contributed by atoms with Crippen LogP contribution in [0.25, 0.3) is 10.9 Å². The number of hydrogen-bond acceptors (Lipinski definition) is 10. The molecule has 1 atom stereocenters. The third-order valence-corrected chi connectivity index (χ3v) is 6.56. The molecule has 5 N–H and O–H groups in total. The third-order valence-electron chi connectivity index (χ3n) is 6.56. The van der Waals surface area contributed by atoms with E-state index in [0.717, 1.165) is 37.7 Å². The van der Waals surface area contributed by atoms with Crippen LogP contribution in [0.4, 0.5) is 15.9 Å². The molecule has 5 rings (SSSR count). The summed E-state index contributed by atoms with van der Waals surface area (Å²) in [5, 5.41) is 16.5. The summed E-state index contributed by atoms with van der Waals surface area (Å²) >= 11 is 0. The van der Waals surface area contributed by atoms with E-state index >= 15 is 0 Å². The molecule has 0 unspecified atom stereocenters. The van der Waals surface area contributed by atoms with Gasteiger partial charge in [0.1, 0.15) is 36.1 Å². The Morgan fingerprint density at radius 3 is 2.97 bits per heavy atom. The Labute approximate surface area is 219 Å². The van der Waals surface area contributed by atoms with E-state index in [0.29, 0.717) is 35.2 Å². The highest BCUT2D eigenvalue weighted by Crippen LogP contribution is 2.27. The maximum Gasteiger partial charge on any atom is 0.239 e. The first-order chi connectivity index (χ1) is 18.5. The van der Waals surface area contributed by atoms with Gasteiger partial charge in [-0.15, -0.1) is 0 Å². The molecule has 3 aromatic rings. The van der Waals surface area contributed by atoms with Crippen LogP contribution in [0.3, 0.4) is 0 Å². The van der Waals surface area contributed by atoms with Gasteiger partial charge in [0.2, 0.25) is 5.91 Å². The number of aliphatic hydroxyl groups is 1. The van der Waals surface area contributed by atoms with Gasteiger partial charge in [-0.1, -0.05) is 6.07 Å². The quantitative estimate of drug-likeness (QED) is 0.277. The van der Waals surface area contributed by atoms with Crippen LogP contribution in [0, 0.1) is 5.82 Å². The zero-order valence-electron chi connectivity index (χ0n) is 20.9. The third kappa shape index (κ3) is 5.87. The number of hydrogen-bond donors (Lipinski definition) is 4. The number of nitrogens with one attached hydrogen (secondary N) is 2. The van der Waals surface area contributed by atoms with Crippen molar-refractivity contribution >= 4 is 28.3 Å². The number of amides is 1. The van der Waals surface area contributed by atoms with Crippen molar-refractivity contribution in [3.05, 3.63) is 66.6 Å². The standard InChI is InChI=1S/C26H31FN8O3/c27-18-4-1-5-19(12-18)35-32-25(15-34(35)14-24(28)37)31-26-22-8-7-21(13-23(22)29-17-30-26)38-11-3-10-33-9-2-6-20(33)16-36/h1,4-5,7-8,12-13,15,17,20,32,36H,2-3,6,9-11,14,16H2,(H2,28,37)(H,29,30,31)/t20-/m0/s1. The molecule has 0 saturated carbocycles. The average Bonchev–Trinajstić information content (AvgIpc) is 3.52. The second kappa shape index (κ2) is 11.5. The molecule has 0 radical (unpaired) electrons. The van der Waals surface area contributed by atoms with E-state index in [9.17, 15) is 14.3 Å². The number of carbonyl (C=O) groups is 1. The lowest BCUT2D eigenvalue weighted by Gasteiger charge is -2.29. The average molecular weight is 523 g/mol. The van der Waals surface area contributed by atoms with E-state index in [1.54, 1.807) is 23.3 Å². The zero-order chi connectivity index (χ0) is 26.5. The second-order valence-electron chi connectivity index (χ2n) is 9.25. The van der Waals surface area contributed by atoms with Gasteiger partial charge in [-0.3, -0.25) is 20.1 Å². The first-order valence-electron chi connectivity index (χ1n) is 12.6. The van der Waals surface area contributed by atoms with Crippen LogP contribution in [0.15, 0.2) is 60.8 Å². The number of halogens is 1. The number of benzene rings is 2. The molecule has 2 aliphatic heterocycles. The number of fused-ring (bicyclic) bond motifs is 1. The predicted molar refractivity (Wildman–Crippen MR) is 141 cm³/mol. The number of nitrogens with two attached hydrogens (primary N) is 1. The van der Waals surface area contributed by atoms with Gasteiger partial charge in [0.25, 0.3) is 0 Å². The van der Waals surface area contributed by atoms with Crippen LogP contribution in [0.2, 0.25) is 0 Å². The van der Waals surface area contributed by atoms with Crippen LogP contribution in [-0.4, -0.2) is 69.8 Å². The van der Waals surface area contributed by atoms with E-state index in [4.69, 9.17) is 10.5 Å². The molecule has 1 fully saturated rings. The van der Waals surface area contributed by atoms with Crippen molar-refractivity contribution in [1.29, 1.82) is 0 Å².